The number of ether oxygens (including phenoxy) is 1. The van der Waals surface area contributed by atoms with Crippen LogP contribution in [0.25, 0.3) is 11.5 Å². The first-order valence-corrected chi connectivity index (χ1v) is 7.57. The average Bonchev–Trinajstić information content (AvgIpc) is 3.09. The standard InChI is InChI=1S/C16H11Cl2N3O3/c1-23-10-5-2-4-9(8-10)15-20-21-16(24-15)14(22)19-12-7-3-6-11(17)13(12)18/h2-8H,1H3,(H,19,22). The van der Waals surface area contributed by atoms with Crippen LogP contribution in [0.5, 0.6) is 5.75 Å². The van der Waals surface area contributed by atoms with Crippen molar-refractivity contribution in [3.8, 4) is 17.2 Å². The van der Waals surface area contributed by atoms with E-state index in [2.05, 4.69) is 15.5 Å². The van der Waals surface area contributed by atoms with E-state index in [1.165, 1.54) is 0 Å². The third-order valence-electron chi connectivity index (χ3n) is 3.14. The van der Waals surface area contributed by atoms with Gasteiger partial charge in [0.1, 0.15) is 5.75 Å². The molecule has 3 rings (SSSR count). The van der Waals surface area contributed by atoms with E-state index < -0.39 is 5.91 Å². The molecule has 2 aromatic carbocycles. The van der Waals surface area contributed by atoms with Gasteiger partial charge in [-0.2, -0.15) is 0 Å². The molecule has 1 heterocycles. The highest BCUT2D eigenvalue weighted by molar-refractivity contribution is 6.44. The second-order valence-corrected chi connectivity index (χ2v) is 5.48. The van der Waals surface area contributed by atoms with Gasteiger partial charge in [0, 0.05) is 5.56 Å². The van der Waals surface area contributed by atoms with Crippen molar-refractivity contribution >= 4 is 34.8 Å². The Morgan fingerprint density at radius 1 is 1.17 bits per heavy atom. The summed E-state index contributed by atoms with van der Waals surface area (Å²) in [5.74, 6) is 0.0725. The number of anilines is 1. The third kappa shape index (κ3) is 3.34. The van der Waals surface area contributed by atoms with Crippen LogP contribution < -0.4 is 10.1 Å². The van der Waals surface area contributed by atoms with Crippen LogP contribution >= 0.6 is 23.2 Å². The van der Waals surface area contributed by atoms with E-state index in [1.807, 2.05) is 0 Å². The number of nitrogens with one attached hydrogen (secondary N) is 1. The van der Waals surface area contributed by atoms with Gasteiger partial charge < -0.3 is 14.5 Å². The summed E-state index contributed by atoms with van der Waals surface area (Å²) in [6.07, 6.45) is 0. The number of carbonyl (C=O) groups excluding carboxylic acids is 1. The van der Waals surface area contributed by atoms with Crippen molar-refractivity contribution in [3.05, 3.63) is 58.4 Å². The van der Waals surface area contributed by atoms with E-state index in [1.54, 1.807) is 49.6 Å². The Morgan fingerprint density at radius 2 is 1.96 bits per heavy atom. The number of carbonyl (C=O) groups is 1. The Hall–Kier alpha value is -2.57. The maximum absolute atomic E-state index is 12.2. The summed E-state index contributed by atoms with van der Waals surface area (Å²) in [5.41, 5.74) is 0.997. The van der Waals surface area contributed by atoms with Crippen LogP contribution in [0.15, 0.2) is 46.9 Å². The molecule has 0 radical (unpaired) electrons. The van der Waals surface area contributed by atoms with E-state index >= 15 is 0 Å². The second kappa shape index (κ2) is 6.90. The van der Waals surface area contributed by atoms with Crippen LogP contribution in [-0.2, 0) is 0 Å². The van der Waals surface area contributed by atoms with E-state index in [0.717, 1.165) is 0 Å². The largest absolute Gasteiger partial charge is 0.497 e. The van der Waals surface area contributed by atoms with E-state index in [9.17, 15) is 4.79 Å². The number of methoxy groups -OCH3 is 1. The molecular weight excluding hydrogens is 353 g/mol. The summed E-state index contributed by atoms with van der Waals surface area (Å²) < 4.78 is 10.5. The van der Waals surface area contributed by atoms with Gasteiger partial charge in [0.25, 0.3) is 0 Å². The van der Waals surface area contributed by atoms with Crippen molar-refractivity contribution in [3.63, 3.8) is 0 Å². The molecule has 0 unspecified atom stereocenters. The molecule has 3 aromatic rings. The van der Waals surface area contributed by atoms with Gasteiger partial charge in [-0.05, 0) is 30.3 Å². The molecule has 8 heteroatoms. The average molecular weight is 364 g/mol. The molecule has 1 N–H and O–H groups in total. The van der Waals surface area contributed by atoms with Gasteiger partial charge >= 0.3 is 11.8 Å². The Kier molecular flexibility index (Phi) is 4.69. The predicted octanol–water partition coefficient (Wildman–Crippen LogP) is 4.30. The summed E-state index contributed by atoms with van der Waals surface area (Å²) in [7, 11) is 1.56. The topological polar surface area (TPSA) is 77.2 Å². The van der Waals surface area contributed by atoms with Gasteiger partial charge in [0.15, 0.2) is 0 Å². The molecule has 24 heavy (non-hydrogen) atoms. The molecule has 0 bridgehead atoms. The Morgan fingerprint density at radius 3 is 2.75 bits per heavy atom. The van der Waals surface area contributed by atoms with Crippen molar-refractivity contribution in [2.24, 2.45) is 0 Å². The minimum absolute atomic E-state index is 0.191. The van der Waals surface area contributed by atoms with Gasteiger partial charge in [0.05, 0.1) is 22.8 Å². The minimum atomic E-state index is -0.583. The van der Waals surface area contributed by atoms with Crippen molar-refractivity contribution < 1.29 is 13.9 Å². The van der Waals surface area contributed by atoms with Gasteiger partial charge in [-0.25, -0.2) is 0 Å². The first kappa shape index (κ1) is 16.3. The zero-order valence-electron chi connectivity index (χ0n) is 12.4. The van der Waals surface area contributed by atoms with Crippen LogP contribution in [0.4, 0.5) is 5.69 Å². The fraction of sp³-hybridized carbons (Fsp3) is 0.0625. The molecule has 0 aliphatic rings. The second-order valence-electron chi connectivity index (χ2n) is 4.70. The fourth-order valence-electron chi connectivity index (χ4n) is 1.96. The number of nitrogens with zero attached hydrogens (tertiary/aromatic N) is 2. The normalized spacial score (nSPS) is 10.5. The van der Waals surface area contributed by atoms with Crippen LogP contribution in [0.2, 0.25) is 10.0 Å². The lowest BCUT2D eigenvalue weighted by Gasteiger charge is -2.05. The number of halogens is 2. The summed E-state index contributed by atoms with van der Waals surface area (Å²) in [6.45, 7) is 0. The Balaban J connectivity index is 1.82. The quantitative estimate of drug-likeness (QED) is 0.747. The predicted molar refractivity (Wildman–Crippen MR) is 90.7 cm³/mol. The van der Waals surface area contributed by atoms with Crippen molar-refractivity contribution in [2.45, 2.75) is 0 Å². The van der Waals surface area contributed by atoms with Crippen LogP contribution in [0, 0.1) is 0 Å². The number of benzene rings is 2. The maximum atomic E-state index is 12.2. The zero-order valence-corrected chi connectivity index (χ0v) is 13.9. The molecule has 1 aromatic heterocycles. The first-order chi connectivity index (χ1) is 11.6. The lowest BCUT2D eigenvalue weighted by Crippen LogP contribution is -2.12. The molecule has 122 valence electrons. The molecular formula is C16H11Cl2N3O3. The van der Waals surface area contributed by atoms with Gasteiger partial charge in [-0.15, -0.1) is 10.2 Å². The van der Waals surface area contributed by atoms with Crippen molar-refractivity contribution in [1.29, 1.82) is 0 Å². The van der Waals surface area contributed by atoms with Gasteiger partial charge in [-0.3, -0.25) is 4.79 Å². The minimum Gasteiger partial charge on any atom is -0.497 e. The van der Waals surface area contributed by atoms with Crippen LogP contribution in [-0.4, -0.2) is 23.2 Å². The van der Waals surface area contributed by atoms with Crippen molar-refractivity contribution in [1.82, 2.24) is 10.2 Å². The van der Waals surface area contributed by atoms with E-state index in [-0.39, 0.29) is 16.8 Å². The van der Waals surface area contributed by atoms with Crippen LogP contribution in [0.1, 0.15) is 10.7 Å². The molecule has 0 spiro atoms. The molecule has 0 fully saturated rings. The smallest absolute Gasteiger partial charge is 0.313 e. The van der Waals surface area contributed by atoms with Crippen LogP contribution in [0.3, 0.4) is 0 Å². The third-order valence-corrected chi connectivity index (χ3v) is 3.95. The summed E-state index contributed by atoms with van der Waals surface area (Å²) in [5, 5.41) is 10.8. The lowest BCUT2D eigenvalue weighted by molar-refractivity contribution is 0.0991. The maximum Gasteiger partial charge on any atom is 0.313 e. The molecule has 0 saturated carbocycles. The molecule has 6 nitrogen and oxygen atoms in total. The molecule has 0 atom stereocenters. The Labute approximate surface area is 147 Å². The summed E-state index contributed by atoms with van der Waals surface area (Å²) in [4.78, 5) is 12.2. The summed E-state index contributed by atoms with van der Waals surface area (Å²) >= 11 is 11.9. The zero-order chi connectivity index (χ0) is 17.1. The highest BCUT2D eigenvalue weighted by atomic mass is 35.5. The summed E-state index contributed by atoms with van der Waals surface area (Å²) in [6, 6.07) is 12.0. The highest BCUT2D eigenvalue weighted by Gasteiger charge is 2.18. The Bertz CT molecular complexity index is 896. The highest BCUT2D eigenvalue weighted by Crippen LogP contribution is 2.30. The fourth-order valence-corrected chi connectivity index (χ4v) is 2.31. The number of hydrogen-bond acceptors (Lipinski definition) is 5. The molecule has 1 amide bonds. The lowest BCUT2D eigenvalue weighted by atomic mass is 10.2. The molecule has 0 aliphatic carbocycles. The number of hydrogen-bond donors (Lipinski definition) is 1. The van der Waals surface area contributed by atoms with Gasteiger partial charge in [-0.1, -0.05) is 35.3 Å². The van der Waals surface area contributed by atoms with E-state index in [0.29, 0.717) is 22.0 Å². The van der Waals surface area contributed by atoms with Crippen molar-refractivity contribution in [2.75, 3.05) is 12.4 Å². The number of aromatic nitrogens is 2. The number of amides is 1. The van der Waals surface area contributed by atoms with E-state index in [4.69, 9.17) is 32.4 Å². The monoisotopic (exact) mass is 363 g/mol. The number of rotatable bonds is 4. The molecule has 0 aliphatic heterocycles. The van der Waals surface area contributed by atoms with Gasteiger partial charge in [0.2, 0.25) is 5.89 Å². The molecule has 0 saturated heterocycles. The first-order valence-electron chi connectivity index (χ1n) is 6.82. The SMILES string of the molecule is COc1cccc(-c2nnc(C(=O)Nc3cccc(Cl)c3Cl)o2)c1.